The lowest BCUT2D eigenvalue weighted by atomic mass is 10.2. The fourth-order valence-electron chi connectivity index (χ4n) is 1.10. The molecular formula is C14H22N2O. The summed E-state index contributed by atoms with van der Waals surface area (Å²) < 4.78 is 0. The van der Waals surface area contributed by atoms with Crippen LogP contribution in [0, 0.1) is 0 Å². The molecule has 0 atom stereocenters. The number of allylic oxidation sites excluding steroid dienone is 3. The lowest BCUT2D eigenvalue weighted by Gasteiger charge is -1.99. The third-order valence-corrected chi connectivity index (χ3v) is 2.12. The number of nitrogens with two attached hydrogens (primary N) is 1. The number of aliphatic hydroxyl groups is 1. The first-order valence-corrected chi connectivity index (χ1v) is 5.56. The standard InChI is InChI=1S/C8H11NO.C6H11N/c1-9-8-4-2-7(6-10)3-5-8;1-3-4-6(2)5-7/h2-5,9-10H,6H2,1H3;3-5H,7H2,1-2H3/b;4-3-,6-5-. The summed E-state index contributed by atoms with van der Waals surface area (Å²) in [6, 6.07) is 7.66. The van der Waals surface area contributed by atoms with Gasteiger partial charge in [0.05, 0.1) is 6.61 Å². The molecule has 1 rings (SSSR count). The summed E-state index contributed by atoms with van der Waals surface area (Å²) in [6.07, 6.45) is 5.50. The van der Waals surface area contributed by atoms with Gasteiger partial charge in [0.1, 0.15) is 0 Å². The minimum atomic E-state index is 0.115. The zero-order chi connectivity index (χ0) is 13.1. The molecule has 0 bridgehead atoms. The van der Waals surface area contributed by atoms with Crippen molar-refractivity contribution in [3.8, 4) is 0 Å². The lowest BCUT2D eigenvalue weighted by molar-refractivity contribution is 0.282. The number of anilines is 1. The first-order chi connectivity index (χ1) is 8.17. The van der Waals surface area contributed by atoms with Gasteiger partial charge in [-0.1, -0.05) is 24.3 Å². The number of benzene rings is 1. The molecule has 0 aliphatic heterocycles. The first kappa shape index (κ1) is 15.3. The lowest BCUT2D eigenvalue weighted by Crippen LogP contribution is -1.88. The Morgan fingerprint density at radius 2 is 1.94 bits per heavy atom. The molecule has 0 aromatic heterocycles. The topological polar surface area (TPSA) is 58.3 Å². The summed E-state index contributed by atoms with van der Waals surface area (Å²) in [6.45, 7) is 4.04. The van der Waals surface area contributed by atoms with Crippen molar-refractivity contribution in [2.45, 2.75) is 20.5 Å². The van der Waals surface area contributed by atoms with E-state index < -0.39 is 0 Å². The minimum absolute atomic E-state index is 0.115. The highest BCUT2D eigenvalue weighted by Gasteiger charge is 1.88. The first-order valence-electron chi connectivity index (χ1n) is 5.56. The molecule has 0 aliphatic rings. The van der Waals surface area contributed by atoms with E-state index in [0.29, 0.717) is 0 Å². The monoisotopic (exact) mass is 234 g/mol. The molecule has 0 unspecified atom stereocenters. The largest absolute Gasteiger partial charge is 0.404 e. The molecule has 0 saturated heterocycles. The van der Waals surface area contributed by atoms with E-state index in [2.05, 4.69) is 5.32 Å². The average Bonchev–Trinajstić information content (AvgIpc) is 2.39. The van der Waals surface area contributed by atoms with Crippen LogP contribution in [0.5, 0.6) is 0 Å². The average molecular weight is 234 g/mol. The molecule has 4 N–H and O–H groups in total. The van der Waals surface area contributed by atoms with Crippen LogP contribution in [0.15, 0.2) is 48.2 Å². The van der Waals surface area contributed by atoms with Crippen molar-refractivity contribution in [1.29, 1.82) is 0 Å². The van der Waals surface area contributed by atoms with Gasteiger partial charge >= 0.3 is 0 Å². The molecule has 0 aliphatic carbocycles. The van der Waals surface area contributed by atoms with E-state index in [4.69, 9.17) is 10.8 Å². The summed E-state index contributed by atoms with van der Waals surface area (Å²) >= 11 is 0. The summed E-state index contributed by atoms with van der Waals surface area (Å²) in [7, 11) is 1.87. The third-order valence-electron chi connectivity index (χ3n) is 2.12. The molecule has 0 heterocycles. The second-order valence-corrected chi connectivity index (χ2v) is 3.52. The second kappa shape index (κ2) is 9.48. The Bertz CT molecular complexity index is 330. The summed E-state index contributed by atoms with van der Waals surface area (Å²) in [5.74, 6) is 0. The quantitative estimate of drug-likeness (QED) is 0.705. The van der Waals surface area contributed by atoms with Crippen molar-refractivity contribution >= 4 is 5.69 Å². The van der Waals surface area contributed by atoms with Crippen molar-refractivity contribution in [2.75, 3.05) is 12.4 Å². The maximum atomic E-state index is 8.68. The highest BCUT2D eigenvalue weighted by atomic mass is 16.3. The van der Waals surface area contributed by atoms with Gasteiger partial charge in [-0.25, -0.2) is 0 Å². The van der Waals surface area contributed by atoms with Crippen LogP contribution < -0.4 is 11.1 Å². The maximum Gasteiger partial charge on any atom is 0.0681 e. The Kier molecular flexibility index (Phi) is 8.51. The molecule has 1 aromatic carbocycles. The number of rotatable bonds is 3. The predicted molar refractivity (Wildman–Crippen MR) is 74.7 cm³/mol. The zero-order valence-electron chi connectivity index (χ0n) is 10.8. The molecule has 17 heavy (non-hydrogen) atoms. The van der Waals surface area contributed by atoms with Crippen molar-refractivity contribution < 1.29 is 5.11 Å². The highest BCUT2D eigenvalue weighted by Crippen LogP contribution is 2.07. The zero-order valence-corrected chi connectivity index (χ0v) is 10.8. The highest BCUT2D eigenvalue weighted by molar-refractivity contribution is 5.43. The van der Waals surface area contributed by atoms with Crippen LogP contribution in [0.2, 0.25) is 0 Å². The minimum Gasteiger partial charge on any atom is -0.404 e. The molecule has 0 saturated carbocycles. The van der Waals surface area contributed by atoms with Gasteiger partial charge < -0.3 is 16.2 Å². The van der Waals surface area contributed by atoms with Gasteiger partial charge in [-0.3, -0.25) is 0 Å². The molecule has 0 amide bonds. The van der Waals surface area contributed by atoms with Gasteiger partial charge in [0.2, 0.25) is 0 Å². The smallest absolute Gasteiger partial charge is 0.0681 e. The fraction of sp³-hybridized carbons (Fsp3) is 0.286. The van der Waals surface area contributed by atoms with E-state index in [1.165, 1.54) is 0 Å². The number of hydrogen-bond donors (Lipinski definition) is 3. The van der Waals surface area contributed by atoms with E-state index in [-0.39, 0.29) is 6.61 Å². The molecule has 3 heteroatoms. The number of hydrogen-bond acceptors (Lipinski definition) is 3. The third kappa shape index (κ3) is 7.19. The van der Waals surface area contributed by atoms with Crippen molar-refractivity contribution in [3.63, 3.8) is 0 Å². The van der Waals surface area contributed by atoms with E-state index in [9.17, 15) is 0 Å². The van der Waals surface area contributed by atoms with E-state index in [0.717, 1.165) is 16.8 Å². The Hall–Kier alpha value is -1.74. The number of nitrogens with one attached hydrogen (secondary N) is 1. The van der Waals surface area contributed by atoms with Gasteiger partial charge in [0, 0.05) is 12.7 Å². The van der Waals surface area contributed by atoms with Crippen LogP contribution in [-0.2, 0) is 6.61 Å². The van der Waals surface area contributed by atoms with E-state index in [1.54, 1.807) is 6.20 Å². The Morgan fingerprint density at radius 3 is 2.24 bits per heavy atom. The van der Waals surface area contributed by atoms with Crippen LogP contribution in [0.25, 0.3) is 0 Å². The molecule has 3 nitrogen and oxygen atoms in total. The molecule has 1 aromatic rings. The fourth-order valence-corrected chi connectivity index (χ4v) is 1.10. The van der Waals surface area contributed by atoms with Crippen molar-refractivity contribution in [3.05, 3.63) is 53.8 Å². The van der Waals surface area contributed by atoms with Gasteiger partial charge in [-0.15, -0.1) is 0 Å². The van der Waals surface area contributed by atoms with Crippen molar-refractivity contribution in [2.24, 2.45) is 5.73 Å². The molecular weight excluding hydrogens is 212 g/mol. The maximum absolute atomic E-state index is 8.68. The molecule has 0 fully saturated rings. The summed E-state index contributed by atoms with van der Waals surface area (Å²) in [5, 5.41) is 11.7. The van der Waals surface area contributed by atoms with Gasteiger partial charge in [-0.2, -0.15) is 0 Å². The van der Waals surface area contributed by atoms with Crippen LogP contribution in [-0.4, -0.2) is 12.2 Å². The molecule has 0 radical (unpaired) electrons. The van der Waals surface area contributed by atoms with Crippen LogP contribution in [0.3, 0.4) is 0 Å². The van der Waals surface area contributed by atoms with Crippen LogP contribution in [0.4, 0.5) is 5.69 Å². The normalized spacial score (nSPS) is 10.9. The Labute approximate surface area is 104 Å². The van der Waals surface area contributed by atoms with E-state index >= 15 is 0 Å². The van der Waals surface area contributed by atoms with Crippen LogP contribution in [0.1, 0.15) is 19.4 Å². The van der Waals surface area contributed by atoms with Gasteiger partial charge in [0.25, 0.3) is 0 Å². The molecule has 0 spiro atoms. The predicted octanol–water partition coefficient (Wildman–Crippen LogP) is 2.65. The Morgan fingerprint density at radius 1 is 1.35 bits per heavy atom. The van der Waals surface area contributed by atoms with Gasteiger partial charge in [-0.05, 0) is 43.3 Å². The van der Waals surface area contributed by atoms with E-state index in [1.807, 2.05) is 57.3 Å². The van der Waals surface area contributed by atoms with Crippen molar-refractivity contribution in [1.82, 2.24) is 0 Å². The van der Waals surface area contributed by atoms with Crippen LogP contribution >= 0.6 is 0 Å². The van der Waals surface area contributed by atoms with Gasteiger partial charge in [0.15, 0.2) is 0 Å². The Balaban J connectivity index is 0.000000325. The number of aliphatic hydroxyl groups excluding tert-OH is 1. The second-order valence-electron chi connectivity index (χ2n) is 3.52. The summed E-state index contributed by atoms with van der Waals surface area (Å²) in [4.78, 5) is 0. The SMILES string of the molecule is C/C=C\C(C)=C/N.CNc1ccc(CO)cc1. The summed E-state index contributed by atoms with van der Waals surface area (Å²) in [5.41, 5.74) is 8.25. The molecule has 94 valence electrons.